The van der Waals surface area contributed by atoms with Gasteiger partial charge in [-0.15, -0.1) is 0 Å². The molecule has 1 aromatic rings. The predicted octanol–water partition coefficient (Wildman–Crippen LogP) is 0.344. The summed E-state index contributed by atoms with van der Waals surface area (Å²) in [5, 5.41) is 18.5. The quantitative estimate of drug-likeness (QED) is 0.743. The highest BCUT2D eigenvalue weighted by molar-refractivity contribution is 8.18. The number of carboxylic acids is 1. The molecule has 100 valence electrons. The Kier molecular flexibility index (Phi) is 3.86. The topological polar surface area (TPSA) is 101 Å². The van der Waals surface area contributed by atoms with Crippen LogP contribution in [0.1, 0.15) is 11.1 Å². The van der Waals surface area contributed by atoms with Crippen LogP contribution in [0.5, 0.6) is 0 Å². The maximum absolute atomic E-state index is 11.9. The number of hydrogen-bond donors (Lipinski definition) is 0. The van der Waals surface area contributed by atoms with Gasteiger partial charge in [-0.2, -0.15) is 5.26 Å². The lowest BCUT2D eigenvalue weighted by atomic mass is 10.1. The molecule has 0 N–H and O–H groups in total. The van der Waals surface area contributed by atoms with Gasteiger partial charge in [-0.25, -0.2) is 0 Å². The van der Waals surface area contributed by atoms with E-state index in [0.717, 1.165) is 0 Å². The summed E-state index contributed by atoms with van der Waals surface area (Å²) in [6.45, 7) is -0.755. The average Bonchev–Trinajstić information content (AvgIpc) is 2.67. The average molecular weight is 287 g/mol. The zero-order valence-corrected chi connectivity index (χ0v) is 10.8. The third-order valence-corrected chi connectivity index (χ3v) is 3.41. The van der Waals surface area contributed by atoms with Crippen molar-refractivity contribution in [2.24, 2.45) is 0 Å². The van der Waals surface area contributed by atoms with Crippen LogP contribution in [0, 0.1) is 11.3 Å². The van der Waals surface area contributed by atoms with Crippen molar-refractivity contribution in [1.82, 2.24) is 4.90 Å². The molecule has 0 radical (unpaired) electrons. The largest absolute Gasteiger partial charge is 0.548 e. The molecule has 1 aliphatic rings. The fourth-order valence-corrected chi connectivity index (χ4v) is 2.41. The standard InChI is InChI=1S/C13H8N2O4S/c14-6-9-3-1-8(2-4-9)5-10-12(18)15(7-11(16)17)13(19)20-10/h1-5H,7H2,(H,16,17)/p-1/b10-5+. The molecule has 0 saturated carbocycles. The highest BCUT2D eigenvalue weighted by Crippen LogP contribution is 2.31. The molecule has 7 heteroatoms. The smallest absolute Gasteiger partial charge is 0.293 e. The molecular weight excluding hydrogens is 280 g/mol. The number of hydrogen-bond acceptors (Lipinski definition) is 6. The van der Waals surface area contributed by atoms with E-state index in [9.17, 15) is 19.5 Å². The minimum absolute atomic E-state index is 0.140. The van der Waals surface area contributed by atoms with Crippen LogP contribution < -0.4 is 5.11 Å². The Hall–Kier alpha value is -2.59. The van der Waals surface area contributed by atoms with Crippen LogP contribution in [0.2, 0.25) is 0 Å². The van der Waals surface area contributed by atoms with E-state index in [1.807, 2.05) is 6.07 Å². The molecule has 0 atom stereocenters. The number of rotatable bonds is 3. The first kappa shape index (κ1) is 13.8. The number of imide groups is 1. The number of nitrogens with zero attached hydrogens (tertiary/aromatic N) is 2. The molecule has 1 aliphatic heterocycles. The van der Waals surface area contributed by atoms with Crippen LogP contribution in [0.4, 0.5) is 4.79 Å². The van der Waals surface area contributed by atoms with Crippen molar-refractivity contribution in [1.29, 1.82) is 5.26 Å². The first-order valence-electron chi connectivity index (χ1n) is 5.46. The van der Waals surface area contributed by atoms with Crippen molar-refractivity contribution < 1.29 is 19.5 Å². The number of nitriles is 1. The summed E-state index contributed by atoms with van der Waals surface area (Å²) in [6, 6.07) is 8.39. The molecule has 1 aromatic carbocycles. The Morgan fingerprint density at radius 1 is 1.35 bits per heavy atom. The third-order valence-electron chi connectivity index (χ3n) is 2.50. The van der Waals surface area contributed by atoms with Crippen molar-refractivity contribution in [3.05, 3.63) is 40.3 Å². The van der Waals surface area contributed by atoms with E-state index < -0.39 is 23.7 Å². The second-order valence-corrected chi connectivity index (χ2v) is 4.87. The SMILES string of the molecule is N#Cc1ccc(/C=C2/SC(=O)N(CC(=O)[O-])C2=O)cc1. The molecule has 20 heavy (non-hydrogen) atoms. The lowest BCUT2D eigenvalue weighted by Gasteiger charge is -2.12. The van der Waals surface area contributed by atoms with E-state index in [2.05, 4.69) is 0 Å². The number of carbonyl (C=O) groups is 3. The van der Waals surface area contributed by atoms with E-state index in [1.165, 1.54) is 6.08 Å². The number of carboxylic acid groups (broad SMARTS) is 1. The zero-order valence-electron chi connectivity index (χ0n) is 10.0. The molecule has 6 nitrogen and oxygen atoms in total. The molecule has 0 bridgehead atoms. The lowest BCUT2D eigenvalue weighted by Crippen LogP contribution is -2.40. The second kappa shape index (κ2) is 5.59. The summed E-state index contributed by atoms with van der Waals surface area (Å²) in [7, 11) is 0. The minimum atomic E-state index is -1.49. The van der Waals surface area contributed by atoms with E-state index in [4.69, 9.17) is 5.26 Å². The highest BCUT2D eigenvalue weighted by Gasteiger charge is 2.34. The zero-order chi connectivity index (χ0) is 14.7. The van der Waals surface area contributed by atoms with Crippen molar-refractivity contribution in [3.8, 4) is 6.07 Å². The molecule has 0 aliphatic carbocycles. The van der Waals surface area contributed by atoms with Gasteiger partial charge in [-0.1, -0.05) is 12.1 Å². The van der Waals surface area contributed by atoms with Gasteiger partial charge >= 0.3 is 0 Å². The Bertz CT molecular complexity index is 658. The summed E-state index contributed by atoms with van der Waals surface area (Å²) >= 11 is 0.671. The van der Waals surface area contributed by atoms with Gasteiger partial charge in [0.2, 0.25) is 0 Å². The Morgan fingerprint density at radius 3 is 2.55 bits per heavy atom. The van der Waals surface area contributed by atoms with E-state index in [-0.39, 0.29) is 4.91 Å². The maximum atomic E-state index is 11.9. The van der Waals surface area contributed by atoms with Gasteiger partial charge in [0.15, 0.2) is 0 Å². The van der Waals surface area contributed by atoms with Crippen LogP contribution in [-0.4, -0.2) is 28.6 Å². The van der Waals surface area contributed by atoms with Crippen LogP contribution >= 0.6 is 11.8 Å². The van der Waals surface area contributed by atoms with Crippen LogP contribution in [0.25, 0.3) is 6.08 Å². The molecule has 2 rings (SSSR count). The van der Waals surface area contributed by atoms with Crippen molar-refractivity contribution in [3.63, 3.8) is 0 Å². The fraction of sp³-hybridized carbons (Fsp3) is 0.0769. The van der Waals surface area contributed by atoms with Gasteiger partial charge in [-0.3, -0.25) is 14.5 Å². The fourth-order valence-electron chi connectivity index (χ4n) is 1.57. The number of amides is 2. The van der Waals surface area contributed by atoms with Crippen LogP contribution in [0.15, 0.2) is 29.2 Å². The predicted molar refractivity (Wildman–Crippen MR) is 68.8 cm³/mol. The third kappa shape index (κ3) is 2.87. The summed E-state index contributed by atoms with van der Waals surface area (Å²) in [5.41, 5.74) is 1.12. The molecule has 1 saturated heterocycles. The Balaban J connectivity index is 2.23. The van der Waals surface area contributed by atoms with Gasteiger partial charge < -0.3 is 9.90 Å². The van der Waals surface area contributed by atoms with E-state index >= 15 is 0 Å². The van der Waals surface area contributed by atoms with Gasteiger partial charge in [-0.05, 0) is 35.5 Å². The first-order valence-corrected chi connectivity index (χ1v) is 6.28. The minimum Gasteiger partial charge on any atom is -0.548 e. The number of thioether (sulfide) groups is 1. The molecule has 0 aromatic heterocycles. The van der Waals surface area contributed by atoms with Gasteiger partial charge in [0, 0.05) is 0 Å². The summed E-state index contributed by atoms with van der Waals surface area (Å²) in [5.74, 6) is -2.15. The van der Waals surface area contributed by atoms with Crippen molar-refractivity contribution >= 4 is 35.0 Å². The summed E-state index contributed by atoms with van der Waals surface area (Å²) in [6.07, 6.45) is 1.47. The highest BCUT2D eigenvalue weighted by atomic mass is 32.2. The molecule has 0 spiro atoms. The van der Waals surface area contributed by atoms with Gasteiger partial charge in [0.1, 0.15) is 0 Å². The molecule has 1 heterocycles. The van der Waals surface area contributed by atoms with Gasteiger partial charge in [0.05, 0.1) is 29.1 Å². The summed E-state index contributed by atoms with van der Waals surface area (Å²) in [4.78, 5) is 34.6. The molecule has 0 unspecified atom stereocenters. The van der Waals surface area contributed by atoms with Gasteiger partial charge in [0.25, 0.3) is 11.1 Å². The van der Waals surface area contributed by atoms with Crippen molar-refractivity contribution in [2.75, 3.05) is 6.54 Å². The number of benzene rings is 1. The Morgan fingerprint density at radius 2 is 2.00 bits per heavy atom. The summed E-state index contributed by atoms with van der Waals surface area (Å²) < 4.78 is 0. The van der Waals surface area contributed by atoms with E-state index in [1.54, 1.807) is 24.3 Å². The maximum Gasteiger partial charge on any atom is 0.293 e. The van der Waals surface area contributed by atoms with Crippen LogP contribution in [-0.2, 0) is 9.59 Å². The second-order valence-electron chi connectivity index (χ2n) is 3.87. The van der Waals surface area contributed by atoms with E-state index in [0.29, 0.717) is 27.8 Å². The Labute approximate surface area is 118 Å². The first-order chi connectivity index (χ1) is 9.51. The van der Waals surface area contributed by atoms with Crippen LogP contribution in [0.3, 0.4) is 0 Å². The number of carbonyl (C=O) groups excluding carboxylic acids is 3. The monoisotopic (exact) mass is 287 g/mol. The molecular formula is C13H7N2O4S-. The molecule has 1 fully saturated rings. The lowest BCUT2D eigenvalue weighted by molar-refractivity contribution is -0.305. The number of aliphatic carboxylic acids is 1. The molecule has 2 amide bonds. The van der Waals surface area contributed by atoms with Crippen molar-refractivity contribution in [2.45, 2.75) is 0 Å². The normalized spacial score (nSPS) is 16.6.